The van der Waals surface area contributed by atoms with Gasteiger partial charge in [-0.3, -0.25) is 4.79 Å². The van der Waals surface area contributed by atoms with Gasteiger partial charge in [-0.1, -0.05) is 23.5 Å². The molecule has 1 N–H and O–H groups in total. The minimum absolute atomic E-state index is 0.0362. The number of anilines is 1. The van der Waals surface area contributed by atoms with Gasteiger partial charge in [0.2, 0.25) is 11.0 Å². The number of amides is 1. The molecular formula is C18H23N3O3S. The molecule has 134 valence electrons. The van der Waals surface area contributed by atoms with Gasteiger partial charge < -0.3 is 14.8 Å². The van der Waals surface area contributed by atoms with E-state index in [0.29, 0.717) is 24.6 Å². The molecule has 1 fully saturated rings. The molecule has 7 heteroatoms. The number of nitrogens with one attached hydrogen (secondary N) is 1. The van der Waals surface area contributed by atoms with Crippen molar-refractivity contribution in [3.8, 4) is 5.75 Å². The van der Waals surface area contributed by atoms with E-state index >= 15 is 0 Å². The summed E-state index contributed by atoms with van der Waals surface area (Å²) in [7, 11) is 0. The molecule has 1 unspecified atom stereocenters. The third kappa shape index (κ3) is 4.99. The van der Waals surface area contributed by atoms with Crippen LogP contribution in [-0.2, 0) is 9.53 Å². The molecule has 0 bridgehead atoms. The van der Waals surface area contributed by atoms with Crippen molar-refractivity contribution >= 4 is 22.4 Å². The number of carbonyl (C=O) groups excluding carboxylic acids is 1. The maximum atomic E-state index is 12.0. The molecule has 3 rings (SSSR count). The van der Waals surface area contributed by atoms with Gasteiger partial charge in [0.25, 0.3) is 0 Å². The van der Waals surface area contributed by atoms with Crippen LogP contribution >= 0.6 is 11.3 Å². The Morgan fingerprint density at radius 1 is 1.40 bits per heavy atom. The van der Waals surface area contributed by atoms with Crippen molar-refractivity contribution in [1.82, 2.24) is 10.2 Å². The lowest BCUT2D eigenvalue weighted by Crippen LogP contribution is -2.12. The summed E-state index contributed by atoms with van der Waals surface area (Å²) in [5.41, 5.74) is 2.27. The van der Waals surface area contributed by atoms with Crippen molar-refractivity contribution in [2.75, 3.05) is 18.5 Å². The Labute approximate surface area is 151 Å². The number of hydrogen-bond donors (Lipinski definition) is 1. The second-order valence-corrected chi connectivity index (χ2v) is 7.23. The van der Waals surface area contributed by atoms with E-state index in [1.165, 1.54) is 11.3 Å². The zero-order valence-electron chi connectivity index (χ0n) is 14.6. The van der Waals surface area contributed by atoms with E-state index in [0.717, 1.165) is 41.3 Å². The standard InChI is InChI=1S/C18H23N3O3S/c1-12-7-8-13(2)15(11-12)24-10-4-6-16(22)19-18-21-20-17(25-18)14-5-3-9-23-14/h7-8,11,14H,3-6,9-10H2,1-2H3,(H,19,21,22). The normalized spacial score (nSPS) is 16.8. The predicted octanol–water partition coefficient (Wildman–Crippen LogP) is 3.80. The number of aryl methyl sites for hydroxylation is 2. The summed E-state index contributed by atoms with van der Waals surface area (Å²) < 4.78 is 11.3. The molecule has 0 radical (unpaired) electrons. The summed E-state index contributed by atoms with van der Waals surface area (Å²) in [5, 5.41) is 12.3. The van der Waals surface area contributed by atoms with Crippen molar-refractivity contribution in [1.29, 1.82) is 0 Å². The van der Waals surface area contributed by atoms with Crippen LogP contribution in [0.5, 0.6) is 5.75 Å². The highest BCUT2D eigenvalue weighted by Crippen LogP contribution is 2.31. The van der Waals surface area contributed by atoms with Crippen molar-refractivity contribution < 1.29 is 14.3 Å². The van der Waals surface area contributed by atoms with E-state index in [9.17, 15) is 4.79 Å². The zero-order valence-corrected chi connectivity index (χ0v) is 15.4. The fraction of sp³-hybridized carbons (Fsp3) is 0.500. The maximum absolute atomic E-state index is 12.0. The highest BCUT2D eigenvalue weighted by Gasteiger charge is 2.22. The van der Waals surface area contributed by atoms with E-state index in [1.807, 2.05) is 26.0 Å². The number of ether oxygens (including phenoxy) is 2. The number of hydrogen-bond acceptors (Lipinski definition) is 6. The first-order chi connectivity index (χ1) is 12.1. The first kappa shape index (κ1) is 17.8. The largest absolute Gasteiger partial charge is 0.493 e. The molecule has 1 amide bonds. The smallest absolute Gasteiger partial charge is 0.226 e. The van der Waals surface area contributed by atoms with E-state index in [4.69, 9.17) is 9.47 Å². The molecule has 0 spiro atoms. The molecule has 1 aliphatic rings. The van der Waals surface area contributed by atoms with Crippen LogP contribution in [0.15, 0.2) is 18.2 Å². The summed E-state index contributed by atoms with van der Waals surface area (Å²) in [5.74, 6) is 0.811. The second kappa shape index (κ2) is 8.40. The Morgan fingerprint density at radius 3 is 3.08 bits per heavy atom. The fourth-order valence-corrected chi connectivity index (χ4v) is 3.49. The SMILES string of the molecule is Cc1ccc(C)c(OCCCC(=O)Nc2nnc(C3CCCO3)s2)c1. The first-order valence-corrected chi connectivity index (χ1v) is 9.38. The number of aromatic nitrogens is 2. The van der Waals surface area contributed by atoms with Crippen molar-refractivity contribution in [3.05, 3.63) is 34.3 Å². The van der Waals surface area contributed by atoms with Crippen LogP contribution in [0.2, 0.25) is 0 Å². The van der Waals surface area contributed by atoms with E-state index in [-0.39, 0.29) is 12.0 Å². The van der Waals surface area contributed by atoms with Gasteiger partial charge in [-0.2, -0.15) is 0 Å². The van der Waals surface area contributed by atoms with Gasteiger partial charge >= 0.3 is 0 Å². The zero-order chi connectivity index (χ0) is 17.6. The van der Waals surface area contributed by atoms with Gasteiger partial charge in [0, 0.05) is 13.0 Å². The molecule has 25 heavy (non-hydrogen) atoms. The minimum Gasteiger partial charge on any atom is -0.493 e. The Balaban J connectivity index is 1.40. The van der Waals surface area contributed by atoms with Crippen LogP contribution in [-0.4, -0.2) is 29.3 Å². The summed E-state index contributed by atoms with van der Waals surface area (Å²) in [6.07, 6.45) is 3.09. The lowest BCUT2D eigenvalue weighted by molar-refractivity contribution is -0.116. The van der Waals surface area contributed by atoms with Crippen molar-refractivity contribution in [2.45, 2.75) is 45.6 Å². The van der Waals surface area contributed by atoms with E-state index in [1.54, 1.807) is 0 Å². The quantitative estimate of drug-likeness (QED) is 0.759. The molecule has 1 aromatic carbocycles. The van der Waals surface area contributed by atoms with Gasteiger partial charge in [0.05, 0.1) is 6.61 Å². The summed E-state index contributed by atoms with van der Waals surface area (Å²) >= 11 is 1.39. The van der Waals surface area contributed by atoms with Crippen molar-refractivity contribution in [2.24, 2.45) is 0 Å². The summed E-state index contributed by atoms with van der Waals surface area (Å²) in [4.78, 5) is 12.0. The van der Waals surface area contributed by atoms with Crippen LogP contribution in [0.4, 0.5) is 5.13 Å². The number of nitrogens with zero attached hydrogens (tertiary/aromatic N) is 2. The molecular weight excluding hydrogens is 338 g/mol. The average molecular weight is 361 g/mol. The highest BCUT2D eigenvalue weighted by molar-refractivity contribution is 7.15. The van der Waals surface area contributed by atoms with Crippen LogP contribution in [0.25, 0.3) is 0 Å². The first-order valence-electron chi connectivity index (χ1n) is 8.57. The average Bonchev–Trinajstić information content (AvgIpc) is 3.26. The van der Waals surface area contributed by atoms with Crippen LogP contribution in [0.1, 0.15) is 47.9 Å². The molecule has 1 aliphatic heterocycles. The summed E-state index contributed by atoms with van der Waals surface area (Å²) in [6, 6.07) is 6.12. The minimum atomic E-state index is -0.0698. The van der Waals surface area contributed by atoms with Gasteiger partial charge in [-0.25, -0.2) is 0 Å². The number of carbonyl (C=O) groups is 1. The lowest BCUT2D eigenvalue weighted by Gasteiger charge is -2.09. The third-order valence-corrected chi connectivity index (χ3v) is 4.97. The maximum Gasteiger partial charge on any atom is 0.226 e. The number of rotatable bonds is 7. The summed E-state index contributed by atoms with van der Waals surface area (Å²) in [6.45, 7) is 5.33. The monoisotopic (exact) mass is 361 g/mol. The predicted molar refractivity (Wildman–Crippen MR) is 97.1 cm³/mol. The third-order valence-electron chi connectivity index (χ3n) is 4.04. The van der Waals surface area contributed by atoms with Gasteiger partial charge in [-0.15, -0.1) is 10.2 Å². The van der Waals surface area contributed by atoms with E-state index < -0.39 is 0 Å². The molecule has 6 nitrogen and oxygen atoms in total. The molecule has 1 atom stereocenters. The fourth-order valence-electron chi connectivity index (χ4n) is 2.65. The molecule has 1 saturated heterocycles. The van der Waals surface area contributed by atoms with Gasteiger partial charge in [0.1, 0.15) is 16.9 Å². The second-order valence-electron chi connectivity index (χ2n) is 6.22. The Hall–Kier alpha value is -1.99. The molecule has 0 saturated carbocycles. The van der Waals surface area contributed by atoms with Gasteiger partial charge in [-0.05, 0) is 50.3 Å². The van der Waals surface area contributed by atoms with Gasteiger partial charge in [0.15, 0.2) is 0 Å². The van der Waals surface area contributed by atoms with E-state index in [2.05, 4.69) is 21.6 Å². The Kier molecular flexibility index (Phi) is 5.99. The molecule has 0 aliphatic carbocycles. The molecule has 2 aromatic rings. The van der Waals surface area contributed by atoms with Crippen LogP contribution in [0.3, 0.4) is 0 Å². The Morgan fingerprint density at radius 2 is 2.28 bits per heavy atom. The van der Waals surface area contributed by atoms with Crippen molar-refractivity contribution in [3.63, 3.8) is 0 Å². The van der Waals surface area contributed by atoms with Crippen LogP contribution in [0, 0.1) is 13.8 Å². The lowest BCUT2D eigenvalue weighted by atomic mass is 10.1. The van der Waals surface area contributed by atoms with Crippen LogP contribution < -0.4 is 10.1 Å². The highest BCUT2D eigenvalue weighted by atomic mass is 32.1. The molecule has 2 heterocycles. The number of benzene rings is 1. The topological polar surface area (TPSA) is 73.3 Å². The molecule has 1 aromatic heterocycles. The Bertz CT molecular complexity index is 726.